The number of anilines is 1. The monoisotopic (exact) mass is 974 g/mol. The Kier molecular flexibility index (Phi) is 14.0. The van der Waals surface area contributed by atoms with Crippen LogP contribution in [0.15, 0.2) is 134 Å². The average molecular weight is 977 g/mol. The maximum atomic E-state index is 11.9. The lowest BCUT2D eigenvalue weighted by molar-refractivity contribution is 0.0542. The molecule has 66 heavy (non-hydrogen) atoms. The number of nitrogens with zero attached hydrogens (tertiary/aromatic N) is 7. The van der Waals surface area contributed by atoms with Crippen molar-refractivity contribution in [3.63, 3.8) is 0 Å². The fourth-order valence-corrected chi connectivity index (χ4v) is 8.08. The number of pyridine rings is 4. The van der Waals surface area contributed by atoms with Crippen molar-refractivity contribution in [2.24, 2.45) is 5.73 Å². The molecule has 0 unspecified atom stereocenters. The fraction of sp³-hybridized carbons (Fsp3) is 0.122. The van der Waals surface area contributed by atoms with Crippen LogP contribution in [0.25, 0.3) is 66.6 Å². The molecule has 0 bridgehead atoms. The van der Waals surface area contributed by atoms with Crippen LogP contribution >= 0.6 is 58.0 Å². The van der Waals surface area contributed by atoms with Crippen molar-refractivity contribution >= 4 is 114 Å². The van der Waals surface area contributed by atoms with Gasteiger partial charge in [-0.05, 0) is 80.4 Å². The van der Waals surface area contributed by atoms with E-state index in [-0.39, 0.29) is 0 Å². The van der Waals surface area contributed by atoms with Gasteiger partial charge in [-0.3, -0.25) is 0 Å². The van der Waals surface area contributed by atoms with E-state index in [1.807, 2.05) is 97.1 Å². The second-order valence-electron chi connectivity index (χ2n) is 15.7. The highest BCUT2D eigenvalue weighted by atomic mass is 35.5. The molecule has 0 amide bonds. The number of ether oxygens (including phenoxy) is 1. The van der Waals surface area contributed by atoms with Gasteiger partial charge in [0.05, 0.1) is 49.5 Å². The summed E-state index contributed by atoms with van der Waals surface area (Å²) in [6.07, 6.45) is 5.73. The quantitative estimate of drug-likeness (QED) is 0.146. The van der Waals surface area contributed by atoms with E-state index in [9.17, 15) is 4.79 Å². The van der Waals surface area contributed by atoms with Crippen molar-refractivity contribution in [1.82, 2.24) is 39.5 Å². The summed E-state index contributed by atoms with van der Waals surface area (Å²) in [5.41, 5.74) is 15.4. The highest BCUT2D eigenvalue weighted by molar-refractivity contribution is 6.36. The number of carbonyl (C=O) groups is 1. The molecule has 0 aliphatic heterocycles. The first-order valence-electron chi connectivity index (χ1n) is 20.4. The lowest BCUT2D eigenvalue weighted by Gasteiger charge is -2.19. The number of fused-ring (bicyclic) bond motifs is 4. The molecule has 4 aromatic carbocycles. The van der Waals surface area contributed by atoms with Gasteiger partial charge >= 0.3 is 6.09 Å². The molecule has 0 aliphatic carbocycles. The SMILES string of the molecule is CC(C)(C)OC(=O)n1cnc2c(Cl)ccnc21.Clc1ccccc1-c1nc2c(Cl)cccc2cc1CNc1ccnc2nc[nH]c12.NCc1cc2cccc(Cl)c2nc1-c1ccccc1Cl. The second-order valence-corrected chi connectivity index (χ2v) is 17.7. The third-order valence-corrected chi connectivity index (χ3v) is 11.6. The number of aromatic nitrogens is 8. The van der Waals surface area contributed by atoms with Crippen LogP contribution in [0.3, 0.4) is 0 Å². The maximum Gasteiger partial charge on any atom is 0.421 e. The summed E-state index contributed by atoms with van der Waals surface area (Å²) in [4.78, 5) is 41.1. The van der Waals surface area contributed by atoms with Crippen molar-refractivity contribution in [3.8, 4) is 22.5 Å². The summed E-state index contributed by atoms with van der Waals surface area (Å²) >= 11 is 31.3. The van der Waals surface area contributed by atoms with E-state index in [2.05, 4.69) is 41.3 Å². The highest BCUT2D eigenvalue weighted by Crippen LogP contribution is 2.35. The van der Waals surface area contributed by atoms with E-state index in [1.165, 1.54) is 17.1 Å². The number of hydrogen-bond acceptors (Lipinski definition) is 10. The second kappa shape index (κ2) is 20.0. The fourth-order valence-electron chi connectivity index (χ4n) is 6.99. The molecule has 10 aromatic rings. The zero-order valence-electron chi connectivity index (χ0n) is 35.5. The number of halogens is 5. The summed E-state index contributed by atoms with van der Waals surface area (Å²) in [7, 11) is 0. The number of rotatable bonds is 6. The predicted molar refractivity (Wildman–Crippen MR) is 268 cm³/mol. The normalized spacial score (nSPS) is 11.3. The Hall–Kier alpha value is -6.38. The van der Waals surface area contributed by atoms with Crippen LogP contribution in [0.1, 0.15) is 31.9 Å². The number of benzene rings is 4. The van der Waals surface area contributed by atoms with Crippen LogP contribution in [0, 0.1) is 0 Å². The molecule has 0 spiro atoms. The zero-order chi connectivity index (χ0) is 46.5. The Labute approximate surface area is 404 Å². The van der Waals surface area contributed by atoms with Crippen molar-refractivity contribution in [3.05, 3.63) is 170 Å². The minimum absolute atomic E-state index is 0.395. The van der Waals surface area contributed by atoms with E-state index in [4.69, 9.17) is 73.5 Å². The molecule has 6 heterocycles. The molecule has 0 radical (unpaired) electrons. The van der Waals surface area contributed by atoms with E-state index < -0.39 is 11.7 Å². The van der Waals surface area contributed by atoms with E-state index in [0.29, 0.717) is 55.0 Å². The van der Waals surface area contributed by atoms with Crippen LogP contribution < -0.4 is 11.1 Å². The molecule has 0 fully saturated rings. The molecule has 4 N–H and O–H groups in total. The number of carbonyl (C=O) groups excluding carboxylic acids is 1. The molecular weight excluding hydrogens is 938 g/mol. The summed E-state index contributed by atoms with van der Waals surface area (Å²) in [5, 5.41) is 8.42. The van der Waals surface area contributed by atoms with Gasteiger partial charge in [-0.25, -0.2) is 39.3 Å². The van der Waals surface area contributed by atoms with Gasteiger partial charge in [-0.2, -0.15) is 0 Å². The molecular formula is C49H39Cl5N10O2. The molecule has 0 saturated heterocycles. The zero-order valence-corrected chi connectivity index (χ0v) is 39.3. The summed E-state index contributed by atoms with van der Waals surface area (Å²) in [6.45, 7) is 6.34. The largest absolute Gasteiger partial charge is 0.443 e. The van der Waals surface area contributed by atoms with Gasteiger partial charge in [0.2, 0.25) is 0 Å². The van der Waals surface area contributed by atoms with E-state index in [1.54, 1.807) is 39.4 Å². The molecule has 12 nitrogen and oxygen atoms in total. The van der Waals surface area contributed by atoms with Gasteiger partial charge in [0.25, 0.3) is 0 Å². The number of para-hydroxylation sites is 2. The van der Waals surface area contributed by atoms with E-state index >= 15 is 0 Å². The van der Waals surface area contributed by atoms with Gasteiger partial charge in [0.15, 0.2) is 11.3 Å². The Bertz CT molecular complexity index is 3390. The lowest BCUT2D eigenvalue weighted by atomic mass is 10.0. The van der Waals surface area contributed by atoms with E-state index in [0.717, 1.165) is 66.7 Å². The molecule has 0 saturated carbocycles. The maximum absolute atomic E-state index is 11.9. The smallest absolute Gasteiger partial charge is 0.421 e. The highest BCUT2D eigenvalue weighted by Gasteiger charge is 2.21. The minimum atomic E-state index is -0.563. The Morgan fingerprint density at radius 2 is 1.23 bits per heavy atom. The van der Waals surface area contributed by atoms with Crippen molar-refractivity contribution in [1.29, 1.82) is 0 Å². The standard InChI is InChI=1S/C22H15Cl2N5.C16H12Cl2N2.C11H12ClN3O2/c23-16-6-2-1-5-15(16)19-14(10-13-4-3-7-17(24)20(13)29-19)11-26-18-8-9-25-22-21(18)27-12-28-22;17-13-6-2-1-5-12(13)15-11(9-19)8-10-4-3-7-14(18)16(10)20-15;1-11(2,3)17-10(16)15-6-14-8-7(12)4-5-13-9(8)15/h1-10,12H,11H2,(H2,25,26,27,28);1-8H,9,19H2;4-6H,1-3H3. The van der Waals surface area contributed by atoms with Gasteiger partial charge in [0, 0.05) is 57.4 Å². The van der Waals surface area contributed by atoms with Crippen LogP contribution in [0.2, 0.25) is 25.1 Å². The lowest BCUT2D eigenvalue weighted by Crippen LogP contribution is -2.26. The summed E-state index contributed by atoms with van der Waals surface area (Å²) < 4.78 is 6.47. The van der Waals surface area contributed by atoms with Gasteiger partial charge in [-0.15, -0.1) is 0 Å². The predicted octanol–water partition coefficient (Wildman–Crippen LogP) is 13.6. The number of aromatic amines is 1. The van der Waals surface area contributed by atoms with Crippen LogP contribution in [0.4, 0.5) is 10.5 Å². The van der Waals surface area contributed by atoms with Crippen molar-refractivity contribution < 1.29 is 9.53 Å². The Balaban J connectivity index is 0.000000141. The molecule has 0 atom stereocenters. The van der Waals surface area contributed by atoms with Crippen molar-refractivity contribution in [2.45, 2.75) is 39.5 Å². The summed E-state index contributed by atoms with van der Waals surface area (Å²) in [6, 6.07) is 34.4. The molecule has 6 aromatic heterocycles. The van der Waals surface area contributed by atoms with Gasteiger partial charge in [0.1, 0.15) is 23.0 Å². The molecule has 332 valence electrons. The molecule has 17 heteroatoms. The minimum Gasteiger partial charge on any atom is -0.443 e. The first-order chi connectivity index (χ1) is 31.8. The van der Waals surface area contributed by atoms with Crippen LogP contribution in [-0.4, -0.2) is 51.1 Å². The number of imidazole rings is 2. The molecule has 0 aliphatic rings. The van der Waals surface area contributed by atoms with Gasteiger partial charge in [-0.1, -0.05) is 119 Å². The third kappa shape index (κ3) is 10.2. The number of nitrogens with two attached hydrogens (primary N) is 1. The average Bonchev–Trinajstić information content (AvgIpc) is 3.98. The Morgan fingerprint density at radius 3 is 1.83 bits per heavy atom. The summed E-state index contributed by atoms with van der Waals surface area (Å²) in [5.74, 6) is 0. The number of nitrogens with one attached hydrogen (secondary N) is 2. The molecule has 10 rings (SSSR count). The Morgan fingerprint density at radius 1 is 0.667 bits per heavy atom. The van der Waals surface area contributed by atoms with Crippen molar-refractivity contribution in [2.75, 3.05) is 5.32 Å². The van der Waals surface area contributed by atoms with Gasteiger partial charge < -0.3 is 20.8 Å². The topological polar surface area (TPSA) is 162 Å². The first-order valence-corrected chi connectivity index (χ1v) is 22.3. The van der Waals surface area contributed by atoms with Crippen LogP contribution in [0.5, 0.6) is 0 Å². The van der Waals surface area contributed by atoms with Crippen LogP contribution in [-0.2, 0) is 17.8 Å². The third-order valence-electron chi connectivity index (χ3n) is 10.0. The number of hydrogen-bond donors (Lipinski definition) is 3. The first kappa shape index (κ1) is 46.2. The number of H-pyrrole nitrogens is 1.